The Bertz CT molecular complexity index is 595. The Labute approximate surface area is 130 Å². The van der Waals surface area contributed by atoms with Gasteiger partial charge in [-0.15, -0.1) is 11.6 Å². The van der Waals surface area contributed by atoms with Crippen LogP contribution in [0.2, 0.25) is 0 Å². The first kappa shape index (κ1) is 16.7. The highest BCUT2D eigenvalue weighted by Crippen LogP contribution is 2.29. The molecule has 2 unspecified atom stereocenters. The molecule has 1 aliphatic carbocycles. The van der Waals surface area contributed by atoms with Gasteiger partial charge in [0.05, 0.1) is 4.90 Å². The van der Waals surface area contributed by atoms with Gasteiger partial charge in [-0.2, -0.15) is 0 Å². The van der Waals surface area contributed by atoms with Gasteiger partial charge < -0.3 is 0 Å². The first-order valence-electron chi connectivity index (χ1n) is 7.22. The third kappa shape index (κ3) is 3.96. The predicted molar refractivity (Wildman–Crippen MR) is 82.7 cm³/mol. The summed E-state index contributed by atoms with van der Waals surface area (Å²) in [7, 11) is -3.64. The van der Waals surface area contributed by atoms with Crippen molar-refractivity contribution in [3.8, 4) is 0 Å². The zero-order chi connectivity index (χ0) is 15.6. The topological polar surface area (TPSA) is 46.2 Å². The highest BCUT2D eigenvalue weighted by molar-refractivity contribution is 7.89. The largest absolute Gasteiger partial charge is 0.241 e. The summed E-state index contributed by atoms with van der Waals surface area (Å²) in [5, 5.41) is 0.0249. The average Bonchev–Trinajstić information content (AvgIpc) is 2.36. The van der Waals surface area contributed by atoms with Crippen molar-refractivity contribution in [3.63, 3.8) is 0 Å². The lowest BCUT2D eigenvalue weighted by atomic mass is 9.89. The number of benzene rings is 1. The molecule has 1 aromatic rings. The quantitative estimate of drug-likeness (QED) is 0.857. The van der Waals surface area contributed by atoms with Gasteiger partial charge in [0.15, 0.2) is 0 Å². The van der Waals surface area contributed by atoms with Crippen LogP contribution in [0.1, 0.15) is 36.8 Å². The molecule has 0 saturated heterocycles. The normalized spacial score (nSPS) is 23.2. The van der Waals surface area contributed by atoms with Gasteiger partial charge in [-0.05, 0) is 55.9 Å². The lowest BCUT2D eigenvalue weighted by Crippen LogP contribution is -2.35. The maximum absolute atomic E-state index is 13.3. The molecule has 0 heterocycles. The number of aryl methyl sites for hydroxylation is 2. The zero-order valence-corrected chi connectivity index (χ0v) is 13.9. The summed E-state index contributed by atoms with van der Waals surface area (Å²) in [5.74, 6) is -0.256. The Morgan fingerprint density at radius 3 is 2.38 bits per heavy atom. The Hall–Kier alpha value is -0.650. The third-order valence-corrected chi connectivity index (χ3v) is 6.35. The Morgan fingerprint density at radius 1 is 1.24 bits per heavy atom. The standard InChI is InChI=1S/C15H21ClFNO2S/c1-10-7-13(17)8-11(2)15(10)21(19,20)18-9-12-5-3-4-6-14(12)16/h7-8,12,14,18H,3-6,9H2,1-2H3. The SMILES string of the molecule is Cc1cc(F)cc(C)c1S(=O)(=O)NCC1CCCCC1Cl. The summed E-state index contributed by atoms with van der Waals surface area (Å²) in [6, 6.07) is 2.49. The maximum Gasteiger partial charge on any atom is 0.241 e. The van der Waals surface area contributed by atoms with Gasteiger partial charge in [-0.3, -0.25) is 0 Å². The van der Waals surface area contributed by atoms with Crippen molar-refractivity contribution in [2.75, 3.05) is 6.54 Å². The maximum atomic E-state index is 13.3. The number of hydrogen-bond donors (Lipinski definition) is 1. The van der Waals surface area contributed by atoms with E-state index in [9.17, 15) is 12.8 Å². The van der Waals surface area contributed by atoms with Crippen molar-refractivity contribution < 1.29 is 12.8 Å². The van der Waals surface area contributed by atoms with E-state index in [2.05, 4.69) is 4.72 Å². The number of halogens is 2. The summed E-state index contributed by atoms with van der Waals surface area (Å²) in [5.41, 5.74) is 0.845. The van der Waals surface area contributed by atoms with E-state index in [1.54, 1.807) is 13.8 Å². The summed E-state index contributed by atoms with van der Waals surface area (Å²) in [6.45, 7) is 3.55. The average molecular weight is 334 g/mol. The smallest absolute Gasteiger partial charge is 0.211 e. The van der Waals surface area contributed by atoms with Gasteiger partial charge in [-0.1, -0.05) is 12.8 Å². The zero-order valence-electron chi connectivity index (χ0n) is 12.3. The summed E-state index contributed by atoms with van der Waals surface area (Å²) < 4.78 is 40.8. The number of sulfonamides is 1. The van der Waals surface area contributed by atoms with Crippen LogP contribution in [0.15, 0.2) is 17.0 Å². The Balaban J connectivity index is 2.15. The van der Waals surface area contributed by atoms with Crippen LogP contribution in [0.3, 0.4) is 0 Å². The van der Waals surface area contributed by atoms with Crippen LogP contribution >= 0.6 is 11.6 Å². The van der Waals surface area contributed by atoms with Crippen LogP contribution < -0.4 is 4.72 Å². The molecule has 2 rings (SSSR count). The molecule has 0 radical (unpaired) electrons. The summed E-state index contributed by atoms with van der Waals surface area (Å²) >= 11 is 6.26. The molecule has 0 spiro atoms. The monoisotopic (exact) mass is 333 g/mol. The molecule has 118 valence electrons. The molecule has 1 aromatic carbocycles. The van der Waals surface area contributed by atoms with Crippen molar-refractivity contribution >= 4 is 21.6 Å². The summed E-state index contributed by atoms with van der Waals surface area (Å²) in [4.78, 5) is 0.172. The Morgan fingerprint density at radius 2 is 1.81 bits per heavy atom. The molecular formula is C15H21ClFNO2S. The van der Waals surface area contributed by atoms with Crippen LogP contribution in [0.5, 0.6) is 0 Å². The van der Waals surface area contributed by atoms with Crippen LogP contribution in [0.25, 0.3) is 0 Å². The van der Waals surface area contributed by atoms with Crippen molar-refractivity contribution in [2.45, 2.75) is 49.8 Å². The highest BCUT2D eigenvalue weighted by atomic mass is 35.5. The number of rotatable bonds is 4. The lowest BCUT2D eigenvalue weighted by Gasteiger charge is -2.27. The minimum Gasteiger partial charge on any atom is -0.211 e. The molecule has 6 heteroatoms. The molecule has 0 aliphatic heterocycles. The van der Waals surface area contributed by atoms with Gasteiger partial charge in [-0.25, -0.2) is 17.5 Å². The molecule has 21 heavy (non-hydrogen) atoms. The van der Waals surface area contributed by atoms with Crippen molar-refractivity contribution in [2.24, 2.45) is 5.92 Å². The van der Waals surface area contributed by atoms with Crippen molar-refractivity contribution in [1.82, 2.24) is 4.72 Å². The van der Waals surface area contributed by atoms with Crippen molar-refractivity contribution in [1.29, 1.82) is 0 Å². The van der Waals surface area contributed by atoms with Crippen LogP contribution in [-0.4, -0.2) is 20.3 Å². The second-order valence-corrected chi connectivity index (χ2v) is 8.05. The van der Waals surface area contributed by atoms with E-state index < -0.39 is 15.8 Å². The van der Waals surface area contributed by atoms with Gasteiger partial charge in [0.2, 0.25) is 10.0 Å². The minimum atomic E-state index is -3.64. The van der Waals surface area contributed by atoms with E-state index in [-0.39, 0.29) is 16.2 Å². The number of nitrogens with one attached hydrogen (secondary N) is 1. The van der Waals surface area contributed by atoms with Gasteiger partial charge in [0, 0.05) is 11.9 Å². The first-order valence-corrected chi connectivity index (χ1v) is 9.13. The summed E-state index contributed by atoms with van der Waals surface area (Å²) in [6.07, 6.45) is 4.07. The fourth-order valence-electron chi connectivity index (χ4n) is 3.00. The molecule has 0 bridgehead atoms. The molecule has 3 nitrogen and oxygen atoms in total. The van der Waals surface area contributed by atoms with E-state index in [1.165, 1.54) is 12.1 Å². The van der Waals surface area contributed by atoms with E-state index in [4.69, 9.17) is 11.6 Å². The van der Waals surface area contributed by atoms with Gasteiger partial charge in [0.25, 0.3) is 0 Å². The lowest BCUT2D eigenvalue weighted by molar-refractivity contribution is 0.364. The molecule has 1 saturated carbocycles. The molecular weight excluding hydrogens is 313 g/mol. The Kier molecular flexibility index (Phi) is 5.28. The molecule has 2 atom stereocenters. The second-order valence-electron chi connectivity index (χ2n) is 5.78. The number of hydrogen-bond acceptors (Lipinski definition) is 2. The van der Waals surface area contributed by atoms with Crippen molar-refractivity contribution in [3.05, 3.63) is 29.1 Å². The molecule has 1 fully saturated rings. The van der Waals surface area contributed by atoms with E-state index >= 15 is 0 Å². The fourth-order valence-corrected chi connectivity index (χ4v) is 4.92. The minimum absolute atomic E-state index is 0.0249. The van der Waals surface area contributed by atoms with Crippen LogP contribution in [0, 0.1) is 25.6 Å². The molecule has 1 aliphatic rings. The molecule has 0 aromatic heterocycles. The second kappa shape index (κ2) is 6.63. The van der Waals surface area contributed by atoms with E-state index in [0.717, 1.165) is 25.7 Å². The molecule has 1 N–H and O–H groups in total. The van der Waals surface area contributed by atoms with Gasteiger partial charge >= 0.3 is 0 Å². The van der Waals surface area contributed by atoms with Crippen LogP contribution in [0.4, 0.5) is 4.39 Å². The van der Waals surface area contributed by atoms with Crippen LogP contribution in [-0.2, 0) is 10.0 Å². The van der Waals surface area contributed by atoms with Gasteiger partial charge in [0.1, 0.15) is 5.82 Å². The predicted octanol–water partition coefficient (Wildman–Crippen LogP) is 3.52. The third-order valence-electron chi connectivity index (χ3n) is 4.05. The van der Waals surface area contributed by atoms with E-state index in [1.807, 2.05) is 0 Å². The first-order chi connectivity index (χ1) is 9.81. The highest BCUT2D eigenvalue weighted by Gasteiger charge is 2.26. The van der Waals surface area contributed by atoms with E-state index in [0.29, 0.717) is 17.7 Å². The number of alkyl halides is 1. The molecule has 0 amide bonds. The fraction of sp³-hybridized carbons (Fsp3) is 0.600.